The highest BCUT2D eigenvalue weighted by molar-refractivity contribution is 7.14. The van der Waals surface area contributed by atoms with Crippen molar-refractivity contribution in [2.24, 2.45) is 0 Å². The minimum atomic E-state index is -0.184. The molecule has 2 N–H and O–H groups in total. The Hall–Kier alpha value is -2.22. The molecule has 7 heteroatoms. The van der Waals surface area contributed by atoms with Crippen LogP contribution in [0.1, 0.15) is 46.5 Å². The van der Waals surface area contributed by atoms with Crippen molar-refractivity contribution in [2.45, 2.75) is 37.8 Å². The molecule has 3 heterocycles. The average molecular weight is 425 g/mol. The Bertz CT molecular complexity index is 980. The van der Waals surface area contributed by atoms with Gasteiger partial charge in [0.05, 0.1) is 11.7 Å². The molecule has 3 aromatic rings. The van der Waals surface area contributed by atoms with Gasteiger partial charge in [-0.2, -0.15) is 0 Å². The number of nitrogens with zero attached hydrogens (tertiary/aromatic N) is 2. The quantitative estimate of drug-likeness (QED) is 0.585. The number of hydrogen-bond donors (Lipinski definition) is 2. The number of carbonyl (C=O) groups excluding carboxylic acids is 1. The number of amides is 2. The molecule has 5 rings (SSSR count). The number of hydrogen-bond acceptors (Lipinski definition) is 5. The first kappa shape index (κ1) is 18.8. The SMILES string of the molecule is O=C(NCC(c1ccccc1)N1CCc2sccc2C1)Nc1nc(C2CC2)cs1. The fraction of sp³-hybridized carbons (Fsp3) is 0.364. The molecular formula is C22H24N4OS2. The maximum Gasteiger partial charge on any atom is 0.321 e. The number of fused-ring (bicyclic) bond motifs is 1. The molecule has 2 amide bonds. The van der Waals surface area contributed by atoms with Crippen molar-refractivity contribution in [1.82, 2.24) is 15.2 Å². The topological polar surface area (TPSA) is 57.3 Å². The molecule has 29 heavy (non-hydrogen) atoms. The fourth-order valence-electron chi connectivity index (χ4n) is 3.91. The summed E-state index contributed by atoms with van der Waals surface area (Å²) < 4.78 is 0. The second kappa shape index (κ2) is 8.26. The monoisotopic (exact) mass is 424 g/mol. The van der Waals surface area contributed by atoms with Gasteiger partial charge in [0.15, 0.2) is 5.13 Å². The predicted molar refractivity (Wildman–Crippen MR) is 119 cm³/mol. The molecule has 1 atom stereocenters. The first-order chi connectivity index (χ1) is 14.3. The summed E-state index contributed by atoms with van der Waals surface area (Å²) in [5, 5.41) is 10.9. The highest BCUT2D eigenvalue weighted by Crippen LogP contribution is 2.40. The van der Waals surface area contributed by atoms with Crippen molar-refractivity contribution in [1.29, 1.82) is 0 Å². The zero-order valence-electron chi connectivity index (χ0n) is 16.1. The fourth-order valence-corrected chi connectivity index (χ4v) is 5.59. The first-order valence-electron chi connectivity index (χ1n) is 10.1. The Morgan fingerprint density at radius 1 is 1.21 bits per heavy atom. The first-order valence-corrected chi connectivity index (χ1v) is 11.9. The smallest absolute Gasteiger partial charge is 0.321 e. The maximum atomic E-state index is 12.5. The summed E-state index contributed by atoms with van der Waals surface area (Å²) in [4.78, 5) is 21.0. The predicted octanol–water partition coefficient (Wildman–Crippen LogP) is 5.00. The van der Waals surface area contributed by atoms with Crippen LogP contribution in [-0.4, -0.2) is 29.0 Å². The van der Waals surface area contributed by atoms with E-state index >= 15 is 0 Å². The number of carbonyl (C=O) groups is 1. The number of anilines is 1. The van der Waals surface area contributed by atoms with E-state index in [4.69, 9.17) is 0 Å². The standard InChI is InChI=1S/C22H24N4OS2/c27-21(25-22-24-18(14-29-22)15-6-7-15)23-12-19(16-4-2-1-3-5-16)26-10-8-20-17(13-26)9-11-28-20/h1-5,9,11,14-15,19H,6-8,10,12-13H2,(H2,23,24,25,27). The second-order valence-corrected chi connectivity index (χ2v) is 9.56. The summed E-state index contributed by atoms with van der Waals surface area (Å²) in [6.07, 6.45) is 3.51. The third-order valence-corrected chi connectivity index (χ3v) is 7.46. The number of nitrogens with one attached hydrogen (secondary N) is 2. The molecule has 0 bridgehead atoms. The Labute approximate surface area is 178 Å². The summed E-state index contributed by atoms with van der Waals surface area (Å²) in [7, 11) is 0. The molecule has 0 radical (unpaired) electrons. The van der Waals surface area contributed by atoms with Crippen LogP contribution in [0.3, 0.4) is 0 Å². The number of benzene rings is 1. The molecule has 1 aliphatic heterocycles. The minimum absolute atomic E-state index is 0.147. The van der Waals surface area contributed by atoms with E-state index < -0.39 is 0 Å². The lowest BCUT2D eigenvalue weighted by molar-refractivity contribution is 0.177. The minimum Gasteiger partial charge on any atom is -0.336 e. The van der Waals surface area contributed by atoms with Gasteiger partial charge in [-0.25, -0.2) is 9.78 Å². The van der Waals surface area contributed by atoms with Crippen LogP contribution in [0.25, 0.3) is 0 Å². The molecule has 1 aliphatic carbocycles. The van der Waals surface area contributed by atoms with E-state index in [1.54, 1.807) is 0 Å². The van der Waals surface area contributed by atoms with Crippen molar-refractivity contribution in [2.75, 3.05) is 18.4 Å². The Morgan fingerprint density at radius 2 is 2.07 bits per heavy atom. The van der Waals surface area contributed by atoms with Crippen molar-refractivity contribution < 1.29 is 4.79 Å². The molecule has 1 aromatic carbocycles. The zero-order valence-corrected chi connectivity index (χ0v) is 17.8. The van der Waals surface area contributed by atoms with Gasteiger partial charge >= 0.3 is 6.03 Å². The molecule has 0 saturated heterocycles. The molecular weight excluding hydrogens is 400 g/mol. The van der Waals surface area contributed by atoms with Gasteiger partial charge in [0.25, 0.3) is 0 Å². The van der Waals surface area contributed by atoms with Gasteiger partial charge < -0.3 is 5.32 Å². The van der Waals surface area contributed by atoms with Gasteiger partial charge in [-0.3, -0.25) is 10.2 Å². The van der Waals surface area contributed by atoms with Crippen LogP contribution in [0.2, 0.25) is 0 Å². The van der Waals surface area contributed by atoms with Crippen molar-refractivity contribution in [3.8, 4) is 0 Å². The summed E-state index contributed by atoms with van der Waals surface area (Å²) in [6, 6.07) is 12.7. The van der Waals surface area contributed by atoms with Gasteiger partial charge in [0.1, 0.15) is 0 Å². The molecule has 2 aromatic heterocycles. The van der Waals surface area contributed by atoms with Crippen LogP contribution in [0, 0.1) is 0 Å². The van der Waals surface area contributed by atoms with Crippen LogP contribution in [-0.2, 0) is 13.0 Å². The molecule has 5 nitrogen and oxygen atoms in total. The highest BCUT2D eigenvalue weighted by Gasteiger charge is 2.27. The van der Waals surface area contributed by atoms with Gasteiger partial charge in [-0.05, 0) is 41.8 Å². The van der Waals surface area contributed by atoms with Crippen molar-refractivity contribution in [3.63, 3.8) is 0 Å². The Balaban J connectivity index is 1.25. The van der Waals surface area contributed by atoms with E-state index in [9.17, 15) is 4.79 Å². The van der Waals surface area contributed by atoms with E-state index in [-0.39, 0.29) is 12.1 Å². The van der Waals surface area contributed by atoms with E-state index in [1.165, 1.54) is 40.2 Å². The Morgan fingerprint density at radius 3 is 2.90 bits per heavy atom. The van der Waals surface area contributed by atoms with Crippen LogP contribution < -0.4 is 10.6 Å². The molecule has 150 valence electrons. The molecule has 1 unspecified atom stereocenters. The lowest BCUT2D eigenvalue weighted by atomic mass is 10.0. The molecule has 1 saturated carbocycles. The number of aromatic nitrogens is 1. The second-order valence-electron chi connectivity index (χ2n) is 7.70. The largest absolute Gasteiger partial charge is 0.336 e. The van der Waals surface area contributed by atoms with Crippen LogP contribution in [0.4, 0.5) is 9.93 Å². The summed E-state index contributed by atoms with van der Waals surface area (Å²) >= 11 is 3.36. The summed E-state index contributed by atoms with van der Waals surface area (Å²) in [6.45, 7) is 2.50. The normalized spacial score (nSPS) is 17.5. The van der Waals surface area contributed by atoms with Gasteiger partial charge in [0, 0.05) is 35.8 Å². The van der Waals surface area contributed by atoms with E-state index in [2.05, 4.69) is 61.6 Å². The molecule has 1 fully saturated rings. The third-order valence-electron chi connectivity index (χ3n) is 5.66. The van der Waals surface area contributed by atoms with E-state index in [0.29, 0.717) is 17.6 Å². The van der Waals surface area contributed by atoms with Crippen LogP contribution >= 0.6 is 22.7 Å². The van der Waals surface area contributed by atoms with E-state index in [1.807, 2.05) is 17.4 Å². The summed E-state index contributed by atoms with van der Waals surface area (Å²) in [5.41, 5.74) is 3.77. The number of rotatable bonds is 6. The molecule has 2 aliphatic rings. The van der Waals surface area contributed by atoms with Crippen LogP contribution in [0.15, 0.2) is 47.2 Å². The molecule has 0 spiro atoms. The zero-order chi connectivity index (χ0) is 19.6. The van der Waals surface area contributed by atoms with Crippen molar-refractivity contribution in [3.05, 3.63) is 68.9 Å². The van der Waals surface area contributed by atoms with Crippen molar-refractivity contribution >= 4 is 33.8 Å². The maximum absolute atomic E-state index is 12.5. The number of thiophene rings is 1. The average Bonchev–Trinajstić information content (AvgIpc) is 3.30. The highest BCUT2D eigenvalue weighted by atomic mass is 32.1. The van der Waals surface area contributed by atoms with Gasteiger partial charge in [-0.15, -0.1) is 22.7 Å². The number of thiazole rings is 1. The lowest BCUT2D eigenvalue weighted by Gasteiger charge is -2.35. The van der Waals surface area contributed by atoms with Crippen LogP contribution in [0.5, 0.6) is 0 Å². The van der Waals surface area contributed by atoms with E-state index in [0.717, 1.165) is 25.2 Å². The van der Waals surface area contributed by atoms with Gasteiger partial charge in [-0.1, -0.05) is 30.3 Å². The third kappa shape index (κ3) is 4.37. The van der Waals surface area contributed by atoms with Gasteiger partial charge in [0.2, 0.25) is 0 Å². The number of urea groups is 1. The lowest BCUT2D eigenvalue weighted by Crippen LogP contribution is -2.41. The summed E-state index contributed by atoms with van der Waals surface area (Å²) in [5.74, 6) is 0.605. The Kier molecular flexibility index (Phi) is 5.35.